The standard InChI is InChI=1S/C19H15N5O/c1-11-8-9-13-14-7-6-10-22-19(14)25-16(13)15(11)24-12(2)23(5)17(20-3)18(24)21-4/h6-10,12H,1-2,5H3/t12-/m0/s1. The van der Waals surface area contributed by atoms with E-state index >= 15 is 0 Å². The van der Waals surface area contributed by atoms with Gasteiger partial charge in [0, 0.05) is 23.9 Å². The molecule has 0 spiro atoms. The van der Waals surface area contributed by atoms with Gasteiger partial charge in [-0.3, -0.25) is 4.90 Å². The summed E-state index contributed by atoms with van der Waals surface area (Å²) in [5.74, 6) is 0.683. The Hall–Kier alpha value is -3.51. The van der Waals surface area contributed by atoms with Gasteiger partial charge in [-0.1, -0.05) is 19.2 Å². The topological polar surface area (TPSA) is 41.2 Å². The molecule has 3 heterocycles. The minimum absolute atomic E-state index is 0.154. The maximum Gasteiger partial charge on any atom is 0.253 e. The summed E-state index contributed by atoms with van der Waals surface area (Å²) in [5, 5.41) is 1.90. The Balaban J connectivity index is 2.08. The Kier molecular flexibility index (Phi) is 3.16. The molecular weight excluding hydrogens is 314 g/mol. The van der Waals surface area contributed by atoms with Gasteiger partial charge in [-0.25, -0.2) is 4.98 Å². The first kappa shape index (κ1) is 15.0. The molecule has 0 unspecified atom stereocenters. The lowest BCUT2D eigenvalue weighted by molar-refractivity contribution is 0.364. The third kappa shape index (κ3) is 1.91. The fourth-order valence-corrected chi connectivity index (χ4v) is 3.38. The Morgan fingerprint density at radius 1 is 1.12 bits per heavy atom. The Morgan fingerprint density at radius 3 is 2.60 bits per heavy atom. The van der Waals surface area contributed by atoms with Gasteiger partial charge >= 0.3 is 0 Å². The van der Waals surface area contributed by atoms with Crippen molar-refractivity contribution in [2.45, 2.75) is 20.0 Å². The van der Waals surface area contributed by atoms with Gasteiger partial charge in [-0.15, -0.1) is 0 Å². The highest BCUT2D eigenvalue weighted by molar-refractivity contribution is 6.08. The average Bonchev–Trinajstić information content (AvgIpc) is 3.11. The summed E-state index contributed by atoms with van der Waals surface area (Å²) in [5.41, 5.74) is 3.07. The SMILES string of the molecule is [C-]#[N+]C1=C([N+]#[C-])N(c2c(C)ccc3c2oc2ncccc23)[C@@H](C)N1C. The Morgan fingerprint density at radius 2 is 1.88 bits per heavy atom. The summed E-state index contributed by atoms with van der Waals surface area (Å²) < 4.78 is 6.05. The van der Waals surface area contributed by atoms with Crippen LogP contribution in [0, 0.1) is 20.1 Å². The minimum Gasteiger partial charge on any atom is -0.433 e. The van der Waals surface area contributed by atoms with Crippen molar-refractivity contribution < 1.29 is 4.42 Å². The van der Waals surface area contributed by atoms with Crippen LogP contribution in [-0.2, 0) is 0 Å². The monoisotopic (exact) mass is 329 g/mol. The van der Waals surface area contributed by atoms with E-state index in [0.29, 0.717) is 22.9 Å². The molecule has 4 rings (SSSR count). The van der Waals surface area contributed by atoms with Crippen molar-refractivity contribution in [3.63, 3.8) is 0 Å². The highest BCUT2D eigenvalue weighted by Crippen LogP contribution is 2.42. The maximum atomic E-state index is 7.59. The molecule has 3 aromatic rings. The number of aromatic nitrogens is 1. The number of benzene rings is 1. The predicted octanol–water partition coefficient (Wildman–Crippen LogP) is 4.35. The van der Waals surface area contributed by atoms with Crippen LogP contribution < -0.4 is 4.90 Å². The minimum atomic E-state index is -0.154. The van der Waals surface area contributed by atoms with Crippen molar-refractivity contribution >= 4 is 27.8 Å². The molecule has 0 saturated carbocycles. The molecule has 1 aromatic carbocycles. The first-order valence-corrected chi connectivity index (χ1v) is 7.86. The van der Waals surface area contributed by atoms with Crippen LogP contribution in [0.2, 0.25) is 0 Å². The lowest BCUT2D eigenvalue weighted by atomic mass is 10.1. The van der Waals surface area contributed by atoms with Gasteiger partial charge in [-0.2, -0.15) is 0 Å². The van der Waals surface area contributed by atoms with Crippen LogP contribution >= 0.6 is 0 Å². The number of furan rings is 1. The normalized spacial score (nSPS) is 17.4. The lowest BCUT2D eigenvalue weighted by Crippen LogP contribution is -2.35. The second-order valence-electron chi connectivity index (χ2n) is 6.05. The number of aryl methyl sites for hydroxylation is 1. The van der Waals surface area contributed by atoms with Gasteiger partial charge in [0.2, 0.25) is 17.7 Å². The van der Waals surface area contributed by atoms with Crippen molar-refractivity contribution in [2.75, 3.05) is 11.9 Å². The largest absolute Gasteiger partial charge is 0.433 e. The summed E-state index contributed by atoms with van der Waals surface area (Å²) in [6.07, 6.45) is 1.55. The Bertz CT molecular complexity index is 1130. The molecule has 0 N–H and O–H groups in total. The van der Waals surface area contributed by atoms with E-state index in [1.54, 1.807) is 6.20 Å². The Labute approximate surface area is 145 Å². The molecule has 25 heavy (non-hydrogen) atoms. The average molecular weight is 329 g/mol. The van der Waals surface area contributed by atoms with Gasteiger partial charge in [-0.05, 0) is 30.7 Å². The molecule has 6 heteroatoms. The summed E-state index contributed by atoms with van der Waals surface area (Å²) in [4.78, 5) is 15.2. The van der Waals surface area contributed by atoms with Gasteiger partial charge in [0.25, 0.3) is 5.82 Å². The first-order chi connectivity index (χ1) is 12.1. The molecule has 2 aromatic heterocycles. The van der Waals surface area contributed by atoms with Crippen LogP contribution in [0.4, 0.5) is 5.69 Å². The third-order valence-corrected chi connectivity index (χ3v) is 4.74. The molecule has 0 fully saturated rings. The van der Waals surface area contributed by atoms with Crippen LogP contribution in [0.3, 0.4) is 0 Å². The molecule has 1 aliphatic rings. The van der Waals surface area contributed by atoms with Gasteiger partial charge in [0.05, 0.1) is 7.05 Å². The van der Waals surface area contributed by atoms with E-state index in [-0.39, 0.29) is 6.17 Å². The zero-order chi connectivity index (χ0) is 17.7. The smallest absolute Gasteiger partial charge is 0.253 e. The van der Waals surface area contributed by atoms with Crippen molar-refractivity contribution in [1.29, 1.82) is 0 Å². The number of hydrogen-bond donors (Lipinski definition) is 0. The van der Waals surface area contributed by atoms with Crippen molar-refractivity contribution in [1.82, 2.24) is 9.88 Å². The van der Waals surface area contributed by atoms with E-state index in [9.17, 15) is 0 Å². The number of rotatable bonds is 1. The van der Waals surface area contributed by atoms with Gasteiger partial charge in [0.1, 0.15) is 0 Å². The zero-order valence-corrected chi connectivity index (χ0v) is 14.1. The summed E-state index contributed by atoms with van der Waals surface area (Å²) in [6.45, 7) is 19.0. The number of nitrogens with zero attached hydrogens (tertiary/aromatic N) is 5. The molecule has 0 aliphatic carbocycles. The van der Waals surface area contributed by atoms with E-state index in [2.05, 4.69) is 14.7 Å². The zero-order valence-electron chi connectivity index (χ0n) is 14.1. The van der Waals surface area contributed by atoms with E-state index in [1.165, 1.54) is 0 Å². The summed E-state index contributed by atoms with van der Waals surface area (Å²) >= 11 is 0. The van der Waals surface area contributed by atoms with Crippen LogP contribution in [0.25, 0.3) is 31.8 Å². The highest BCUT2D eigenvalue weighted by Gasteiger charge is 2.41. The number of anilines is 1. The quantitative estimate of drug-likeness (QED) is 0.622. The molecule has 1 atom stereocenters. The highest BCUT2D eigenvalue weighted by atomic mass is 16.3. The fraction of sp³-hybridized carbons (Fsp3) is 0.211. The number of fused-ring (bicyclic) bond motifs is 3. The molecule has 6 nitrogen and oxygen atoms in total. The summed E-state index contributed by atoms with van der Waals surface area (Å²) in [7, 11) is 1.83. The van der Waals surface area contributed by atoms with Crippen molar-refractivity contribution in [2.24, 2.45) is 0 Å². The number of pyridine rings is 1. The molecule has 122 valence electrons. The van der Waals surface area contributed by atoms with Gasteiger partial charge < -0.3 is 19.0 Å². The lowest BCUT2D eigenvalue weighted by Gasteiger charge is -2.24. The third-order valence-electron chi connectivity index (χ3n) is 4.74. The van der Waals surface area contributed by atoms with Gasteiger partial charge in [0.15, 0.2) is 11.3 Å². The molecular formula is C19H15N5O. The number of hydrogen-bond acceptors (Lipinski definition) is 4. The van der Waals surface area contributed by atoms with E-state index in [0.717, 1.165) is 22.0 Å². The summed E-state index contributed by atoms with van der Waals surface area (Å²) in [6, 6.07) is 7.89. The van der Waals surface area contributed by atoms with Crippen LogP contribution in [0.5, 0.6) is 0 Å². The fourth-order valence-electron chi connectivity index (χ4n) is 3.38. The van der Waals surface area contributed by atoms with Crippen molar-refractivity contribution in [3.05, 3.63) is 70.5 Å². The molecule has 0 amide bonds. The second-order valence-corrected chi connectivity index (χ2v) is 6.05. The van der Waals surface area contributed by atoms with Crippen molar-refractivity contribution in [3.8, 4) is 0 Å². The van der Waals surface area contributed by atoms with E-state index < -0.39 is 0 Å². The molecule has 0 bridgehead atoms. The second kappa shape index (κ2) is 5.25. The maximum absolute atomic E-state index is 7.59. The first-order valence-electron chi connectivity index (χ1n) is 7.86. The van der Waals surface area contributed by atoms with E-state index in [1.807, 2.05) is 55.0 Å². The van der Waals surface area contributed by atoms with E-state index in [4.69, 9.17) is 17.6 Å². The molecule has 0 radical (unpaired) electrons. The molecule has 0 saturated heterocycles. The van der Waals surface area contributed by atoms with Crippen LogP contribution in [-0.4, -0.2) is 23.1 Å². The predicted molar refractivity (Wildman–Crippen MR) is 96.2 cm³/mol. The van der Waals surface area contributed by atoms with Crippen LogP contribution in [0.15, 0.2) is 46.5 Å². The molecule has 1 aliphatic heterocycles. The van der Waals surface area contributed by atoms with Crippen LogP contribution in [0.1, 0.15) is 12.5 Å².